The molecule has 5 N–H and O–H groups in total. The smallest absolute Gasteiger partial charge is 0.409 e. The molecule has 18 nitrogen and oxygen atoms in total. The second kappa shape index (κ2) is 26.9. The zero-order chi connectivity index (χ0) is 46.2. The number of aromatic nitrogens is 3. The number of H-pyrrole nitrogens is 1. The molecule has 4 saturated heterocycles. The summed E-state index contributed by atoms with van der Waals surface area (Å²) in [6.07, 6.45) is 5.15. The molecule has 5 heterocycles. The minimum Gasteiger partial charge on any atom is -0.481 e. The van der Waals surface area contributed by atoms with Crippen LogP contribution in [0.25, 0.3) is 0 Å². The van der Waals surface area contributed by atoms with E-state index < -0.39 is 5.97 Å². The van der Waals surface area contributed by atoms with Crippen LogP contribution in [-0.2, 0) is 36.6 Å². The lowest BCUT2D eigenvalue weighted by Crippen LogP contribution is -2.58. The van der Waals surface area contributed by atoms with Crippen molar-refractivity contribution >= 4 is 65.7 Å². The quantitative estimate of drug-likeness (QED) is 0.201. The lowest BCUT2D eigenvalue weighted by Gasteiger charge is -2.46. The summed E-state index contributed by atoms with van der Waals surface area (Å²) in [7, 11) is 6.73. The molecule has 4 aliphatic heterocycles. The summed E-state index contributed by atoms with van der Waals surface area (Å²) in [5, 5.41) is 19.3. The number of carboxylic acid groups (broad SMARTS) is 1. The van der Waals surface area contributed by atoms with Gasteiger partial charge in [0.25, 0.3) is 5.97 Å². The van der Waals surface area contributed by atoms with Gasteiger partial charge >= 0.3 is 12.2 Å². The van der Waals surface area contributed by atoms with Gasteiger partial charge in [-0.1, -0.05) is 47.5 Å². The number of nitrogens with zero attached hydrogens (tertiary/aromatic N) is 7. The van der Waals surface area contributed by atoms with E-state index in [-0.39, 0.29) is 49.5 Å². The lowest BCUT2D eigenvalue weighted by atomic mass is 9.96. The molecular weight excluding hydrogens is 903 g/mol. The molecule has 3 aromatic rings. The number of piperidine rings is 2. The molecule has 2 aromatic carbocycles. The van der Waals surface area contributed by atoms with E-state index in [4.69, 9.17) is 57.8 Å². The van der Waals surface area contributed by atoms with Crippen molar-refractivity contribution in [1.82, 2.24) is 40.1 Å². The Hall–Kier alpha value is -4.14. The van der Waals surface area contributed by atoms with Gasteiger partial charge in [-0.3, -0.25) is 14.6 Å². The van der Waals surface area contributed by atoms with Gasteiger partial charge in [-0.05, 0) is 87.0 Å². The molecule has 4 atom stereocenters. The van der Waals surface area contributed by atoms with Crippen molar-refractivity contribution in [2.24, 2.45) is 0 Å². The van der Waals surface area contributed by atoms with Gasteiger partial charge < -0.3 is 49.8 Å². The molecule has 0 spiro atoms. The third-order valence-corrected chi connectivity index (χ3v) is 12.1. The van der Waals surface area contributed by atoms with Crippen molar-refractivity contribution in [1.29, 1.82) is 0 Å². The molecule has 4 aliphatic rings. The molecule has 7 rings (SSSR count). The second-order valence-electron chi connectivity index (χ2n) is 17.0. The Bertz CT molecular complexity index is 1880. The van der Waals surface area contributed by atoms with Crippen molar-refractivity contribution < 1.29 is 38.4 Å². The Labute approximate surface area is 398 Å². The van der Waals surface area contributed by atoms with Crippen molar-refractivity contribution in [3.63, 3.8) is 0 Å². The van der Waals surface area contributed by atoms with Crippen LogP contribution in [-0.4, -0.2) is 188 Å². The minimum atomic E-state index is -0.833. The van der Waals surface area contributed by atoms with Crippen LogP contribution in [0.3, 0.4) is 0 Å². The second-order valence-corrected chi connectivity index (χ2v) is 17.8. The van der Waals surface area contributed by atoms with Crippen LogP contribution >= 0.6 is 35.6 Å². The largest absolute Gasteiger partial charge is 0.481 e. The van der Waals surface area contributed by atoms with E-state index in [0.29, 0.717) is 49.8 Å². The molecule has 1 aromatic heterocycles. The van der Waals surface area contributed by atoms with E-state index >= 15 is 0 Å². The molecule has 65 heavy (non-hydrogen) atoms. The number of rotatable bonds is 11. The summed E-state index contributed by atoms with van der Waals surface area (Å²) in [4.78, 5) is 47.0. The van der Waals surface area contributed by atoms with E-state index in [1.807, 2.05) is 24.3 Å². The number of amides is 2. The zero-order valence-corrected chi connectivity index (χ0v) is 40.4. The van der Waals surface area contributed by atoms with Gasteiger partial charge in [0.2, 0.25) is 11.9 Å². The van der Waals surface area contributed by atoms with Crippen LogP contribution < -0.4 is 16.0 Å². The number of hydrogen-bond acceptors (Lipinski definition) is 14. The normalized spacial score (nSPS) is 21.9. The van der Waals surface area contributed by atoms with Crippen molar-refractivity contribution in [2.75, 3.05) is 105 Å². The van der Waals surface area contributed by atoms with Crippen LogP contribution in [0.5, 0.6) is 0 Å². The van der Waals surface area contributed by atoms with Crippen LogP contribution in [0, 0.1) is 0 Å². The molecule has 0 bridgehead atoms. The zero-order valence-electron chi connectivity index (χ0n) is 38.1. The Balaban J connectivity index is 0.000000263. The van der Waals surface area contributed by atoms with Crippen molar-refractivity contribution in [2.45, 2.75) is 81.8 Å². The number of nitrogen functional groups attached to an aromatic ring is 1. The highest BCUT2D eigenvalue weighted by Gasteiger charge is 2.37. The highest BCUT2D eigenvalue weighted by Crippen LogP contribution is 2.28. The third kappa shape index (κ3) is 17.5. The number of aromatic amines is 1. The summed E-state index contributed by atoms with van der Waals surface area (Å²) in [5.74, 6) is 0.151. The number of nitrogens with one attached hydrogen (secondary N) is 2. The van der Waals surface area contributed by atoms with Crippen LogP contribution in [0.1, 0.15) is 43.7 Å². The first-order valence-electron chi connectivity index (χ1n) is 21.9. The molecule has 21 heteroatoms. The Kier molecular flexibility index (Phi) is 22.1. The van der Waals surface area contributed by atoms with Gasteiger partial charge in [0.05, 0.1) is 13.2 Å². The van der Waals surface area contributed by atoms with Crippen LogP contribution in [0.2, 0.25) is 10.0 Å². The number of hydrogen-bond donors (Lipinski definition) is 4. The molecule has 0 unspecified atom stereocenters. The van der Waals surface area contributed by atoms with Gasteiger partial charge in [0.15, 0.2) is 0 Å². The predicted octanol–water partition coefficient (Wildman–Crippen LogP) is 4.93. The number of anilines is 2. The van der Waals surface area contributed by atoms with Crippen LogP contribution in [0.4, 0.5) is 21.5 Å². The number of morpholine rings is 2. The van der Waals surface area contributed by atoms with Crippen LogP contribution in [0.15, 0.2) is 48.5 Å². The number of carboxylic acids is 1. The number of aliphatic carboxylic acids is 1. The van der Waals surface area contributed by atoms with E-state index in [2.05, 4.69) is 59.5 Å². The van der Waals surface area contributed by atoms with Gasteiger partial charge in [0, 0.05) is 95.5 Å². The highest BCUT2D eigenvalue weighted by atomic mass is 35.5. The van der Waals surface area contributed by atoms with E-state index in [1.165, 1.54) is 20.9 Å². The molecule has 4 fully saturated rings. The average Bonchev–Trinajstić information content (AvgIpc) is 3.73. The fourth-order valence-electron chi connectivity index (χ4n) is 8.32. The monoisotopic (exact) mass is 968 g/mol. The third-order valence-electron chi connectivity index (χ3n) is 11.6. The van der Waals surface area contributed by atoms with Crippen molar-refractivity contribution in [3.8, 4) is 0 Å². The maximum absolute atomic E-state index is 11.9. The van der Waals surface area contributed by atoms with Gasteiger partial charge in [-0.15, -0.1) is 17.5 Å². The standard InChI is InChI=1S/C22H32ClN7O3.C20H30ClN3O3.C2H4O2.ClH/c1-28(2)22(31)33-14-19-12-30(18(13-32-19)11-15-3-5-16(23)6-4-15)17-7-9-29(10-8-17)21-25-20(24)26-27-21;1-23(2)20(25)27-14-19-12-24(17-7-9-22-10-8-17)18(13-26-19)11-15-3-5-16(21)6-4-15;1-2(3)4;/h3-6,17-19H,7-14H2,1-2H3,(H3,24,25,26,27);3-6,17-19,22H,7-14H2,1-2H3;1H3,(H,3,4);1H/t2*18-,19+;;/m00../s1. The summed E-state index contributed by atoms with van der Waals surface area (Å²) in [6.45, 7) is 8.19. The topological polar surface area (TPSA) is 204 Å². The number of carbonyl (C=O) groups is 3. The van der Waals surface area contributed by atoms with Crippen molar-refractivity contribution in [3.05, 3.63) is 69.7 Å². The number of benzene rings is 2. The molecule has 362 valence electrons. The van der Waals surface area contributed by atoms with Gasteiger partial charge in [-0.2, -0.15) is 4.98 Å². The summed E-state index contributed by atoms with van der Waals surface area (Å²) < 4.78 is 22.9. The summed E-state index contributed by atoms with van der Waals surface area (Å²) in [5.41, 5.74) is 8.18. The molecule has 0 radical (unpaired) electrons. The Morgan fingerprint density at radius 2 is 1.18 bits per heavy atom. The first-order chi connectivity index (χ1) is 30.6. The minimum absolute atomic E-state index is 0. The number of carbonyl (C=O) groups excluding carboxylic acids is 2. The molecule has 2 amide bonds. The van der Waals surface area contributed by atoms with E-state index in [0.717, 1.165) is 94.8 Å². The lowest BCUT2D eigenvalue weighted by molar-refractivity contribution is -0.134. The SMILES string of the molecule is CC(=O)O.CN(C)C(=O)OC[C@H]1CN(C2CCN(c3n[nH]c(N)n3)CC2)[C@@H](Cc2ccc(Cl)cc2)CO1.CN(C)C(=O)OC[C@H]1CN(C2CCNCC2)[C@@H](Cc2ccc(Cl)cc2)CO1.Cl. The Morgan fingerprint density at radius 3 is 1.57 bits per heavy atom. The fourth-order valence-corrected chi connectivity index (χ4v) is 8.57. The first-order valence-corrected chi connectivity index (χ1v) is 22.7. The average molecular weight is 970 g/mol. The first kappa shape index (κ1) is 53.5. The number of ether oxygens (including phenoxy) is 4. The number of nitrogens with two attached hydrogens (primary N) is 1. The molecule has 0 aliphatic carbocycles. The van der Waals surface area contributed by atoms with E-state index in [1.54, 1.807) is 28.2 Å². The maximum Gasteiger partial charge on any atom is 0.409 e. The molecule has 0 saturated carbocycles. The number of halogens is 3. The summed E-state index contributed by atoms with van der Waals surface area (Å²) in [6, 6.07) is 17.6. The Morgan fingerprint density at radius 1 is 0.769 bits per heavy atom. The predicted molar refractivity (Wildman–Crippen MR) is 253 cm³/mol. The molecular formula is C44H67Cl3N10O8. The maximum atomic E-state index is 11.9. The van der Waals surface area contributed by atoms with E-state index in [9.17, 15) is 9.59 Å². The highest BCUT2D eigenvalue weighted by molar-refractivity contribution is 6.30. The van der Waals surface area contributed by atoms with Gasteiger partial charge in [-0.25, -0.2) is 14.7 Å². The summed E-state index contributed by atoms with van der Waals surface area (Å²) >= 11 is 12.1. The fraction of sp³-hybridized carbons (Fsp3) is 0.614. The van der Waals surface area contributed by atoms with Gasteiger partial charge in [0.1, 0.15) is 25.4 Å².